The van der Waals surface area contributed by atoms with E-state index in [2.05, 4.69) is 41.8 Å². The predicted molar refractivity (Wildman–Crippen MR) is 74.5 cm³/mol. The maximum absolute atomic E-state index is 9.68. The molecule has 2 aromatic rings. The fraction of sp³-hybridized carbons (Fsp3) is 0.571. The van der Waals surface area contributed by atoms with Crippen molar-refractivity contribution in [2.75, 3.05) is 18.0 Å². The first-order valence-electron chi connectivity index (χ1n) is 6.73. The Kier molecular flexibility index (Phi) is 2.74. The average Bonchev–Trinajstić information content (AvgIpc) is 2.93. The first-order valence-corrected chi connectivity index (χ1v) is 6.73. The molecule has 0 radical (unpaired) electrons. The van der Waals surface area contributed by atoms with Crippen molar-refractivity contribution in [3.05, 3.63) is 24.2 Å². The lowest BCUT2D eigenvalue weighted by Gasteiger charge is -2.17. The fourth-order valence-corrected chi connectivity index (χ4v) is 2.45. The lowest BCUT2D eigenvalue weighted by atomic mass is 9.92. The largest absolute Gasteiger partial charge is 0.391 e. The van der Waals surface area contributed by atoms with Crippen molar-refractivity contribution in [3.8, 4) is 0 Å². The van der Waals surface area contributed by atoms with Gasteiger partial charge in [-0.05, 0) is 12.5 Å². The van der Waals surface area contributed by atoms with Crippen LogP contribution in [0.3, 0.4) is 0 Å². The predicted octanol–water partition coefficient (Wildman–Crippen LogP) is 1.60. The normalized spacial score (nSPS) is 20.4. The highest BCUT2D eigenvalue weighted by Crippen LogP contribution is 2.27. The van der Waals surface area contributed by atoms with Crippen molar-refractivity contribution in [1.82, 2.24) is 14.6 Å². The molecule has 1 atom stereocenters. The highest BCUT2D eigenvalue weighted by molar-refractivity contribution is 5.69. The Labute approximate surface area is 112 Å². The molecule has 0 bridgehead atoms. The number of nitrogens with zero attached hydrogens (tertiary/aromatic N) is 4. The Morgan fingerprint density at radius 2 is 2.16 bits per heavy atom. The van der Waals surface area contributed by atoms with Gasteiger partial charge in [0.05, 0.1) is 11.8 Å². The second kappa shape index (κ2) is 4.20. The molecular formula is C14H20N4O. The van der Waals surface area contributed by atoms with Crippen molar-refractivity contribution in [3.63, 3.8) is 0 Å². The summed E-state index contributed by atoms with van der Waals surface area (Å²) in [5, 5.41) is 14.3. The Hall–Kier alpha value is -1.62. The summed E-state index contributed by atoms with van der Waals surface area (Å²) in [6, 6.07) is 2.10. The van der Waals surface area contributed by atoms with Gasteiger partial charge in [0.2, 0.25) is 0 Å². The molecule has 0 aromatic carbocycles. The second-order valence-corrected chi connectivity index (χ2v) is 6.25. The van der Waals surface area contributed by atoms with Gasteiger partial charge in [-0.15, -0.1) is 0 Å². The molecule has 3 heterocycles. The minimum absolute atomic E-state index is 0.0216. The quantitative estimate of drug-likeness (QED) is 0.846. The number of aliphatic hydroxyl groups is 1. The van der Waals surface area contributed by atoms with Crippen molar-refractivity contribution >= 4 is 11.3 Å². The van der Waals surface area contributed by atoms with E-state index in [-0.39, 0.29) is 11.5 Å². The monoisotopic (exact) mass is 260 g/mol. The topological polar surface area (TPSA) is 53.7 Å². The van der Waals surface area contributed by atoms with Crippen LogP contribution in [0.1, 0.15) is 32.9 Å². The molecule has 102 valence electrons. The second-order valence-electron chi connectivity index (χ2n) is 6.25. The van der Waals surface area contributed by atoms with Crippen LogP contribution < -0.4 is 4.90 Å². The van der Waals surface area contributed by atoms with Gasteiger partial charge in [0.15, 0.2) is 5.82 Å². The summed E-state index contributed by atoms with van der Waals surface area (Å²) in [6.45, 7) is 7.97. The van der Waals surface area contributed by atoms with Crippen LogP contribution in [0.5, 0.6) is 0 Å². The summed E-state index contributed by atoms with van der Waals surface area (Å²) in [4.78, 5) is 6.61. The van der Waals surface area contributed by atoms with E-state index in [0.29, 0.717) is 6.54 Å². The molecule has 5 heteroatoms. The average molecular weight is 260 g/mol. The van der Waals surface area contributed by atoms with Gasteiger partial charge in [0, 0.05) is 30.9 Å². The van der Waals surface area contributed by atoms with Gasteiger partial charge >= 0.3 is 0 Å². The van der Waals surface area contributed by atoms with E-state index < -0.39 is 0 Å². The smallest absolute Gasteiger partial charge is 0.154 e. The maximum atomic E-state index is 9.68. The van der Waals surface area contributed by atoms with Crippen molar-refractivity contribution in [2.45, 2.75) is 38.7 Å². The van der Waals surface area contributed by atoms with Gasteiger partial charge in [-0.2, -0.15) is 5.10 Å². The van der Waals surface area contributed by atoms with Crippen LogP contribution in [0.25, 0.3) is 5.52 Å². The van der Waals surface area contributed by atoms with E-state index in [1.807, 2.05) is 10.7 Å². The Balaban J connectivity index is 2.08. The highest BCUT2D eigenvalue weighted by Gasteiger charge is 2.25. The van der Waals surface area contributed by atoms with Gasteiger partial charge in [-0.3, -0.25) is 0 Å². The molecule has 19 heavy (non-hydrogen) atoms. The van der Waals surface area contributed by atoms with Crippen LogP contribution >= 0.6 is 0 Å². The van der Waals surface area contributed by atoms with Crippen LogP contribution in [0.15, 0.2) is 18.5 Å². The van der Waals surface area contributed by atoms with Gasteiger partial charge < -0.3 is 10.0 Å². The standard InChI is InChI=1S/C14H20N4O/c1-14(2,3)12-8-11-13(15-5-7-18(11)16-12)17-6-4-10(19)9-17/h5,7-8,10,19H,4,6,9H2,1-3H3. The van der Waals surface area contributed by atoms with Crippen LogP contribution in [-0.2, 0) is 5.41 Å². The number of aromatic nitrogens is 3. The summed E-state index contributed by atoms with van der Waals surface area (Å²) >= 11 is 0. The molecule has 1 saturated heterocycles. The van der Waals surface area contributed by atoms with E-state index in [1.54, 1.807) is 6.20 Å². The molecule has 1 N–H and O–H groups in total. The zero-order valence-corrected chi connectivity index (χ0v) is 11.7. The van der Waals surface area contributed by atoms with E-state index >= 15 is 0 Å². The van der Waals surface area contributed by atoms with Crippen molar-refractivity contribution < 1.29 is 5.11 Å². The molecule has 1 aliphatic rings. The molecule has 0 saturated carbocycles. The van der Waals surface area contributed by atoms with Gasteiger partial charge in [0.25, 0.3) is 0 Å². The summed E-state index contributed by atoms with van der Waals surface area (Å²) in [5.74, 6) is 0.919. The molecule has 2 aromatic heterocycles. The zero-order valence-electron chi connectivity index (χ0n) is 11.7. The number of anilines is 1. The molecule has 5 nitrogen and oxygen atoms in total. The third-order valence-corrected chi connectivity index (χ3v) is 3.60. The zero-order chi connectivity index (χ0) is 13.6. The summed E-state index contributed by atoms with van der Waals surface area (Å²) < 4.78 is 1.88. The lowest BCUT2D eigenvalue weighted by molar-refractivity contribution is 0.198. The fourth-order valence-electron chi connectivity index (χ4n) is 2.45. The van der Waals surface area contributed by atoms with E-state index in [0.717, 1.165) is 30.0 Å². The van der Waals surface area contributed by atoms with Crippen LogP contribution in [0, 0.1) is 0 Å². The molecule has 3 rings (SSSR count). The Bertz CT molecular complexity index is 599. The minimum Gasteiger partial charge on any atom is -0.391 e. The number of β-amino-alcohol motifs (C(OH)–C–C–N with tert-alkyl or cyclic N) is 1. The number of rotatable bonds is 1. The molecule has 0 aliphatic carbocycles. The molecule has 1 fully saturated rings. The lowest BCUT2D eigenvalue weighted by Crippen LogP contribution is -2.22. The summed E-state index contributed by atoms with van der Waals surface area (Å²) in [5.41, 5.74) is 2.09. The first kappa shape index (κ1) is 12.4. The SMILES string of the molecule is CC(C)(C)c1cc2c(N3CCC(O)C3)nccn2n1. The molecule has 1 aliphatic heterocycles. The third-order valence-electron chi connectivity index (χ3n) is 3.60. The first-order chi connectivity index (χ1) is 8.95. The van der Waals surface area contributed by atoms with Crippen molar-refractivity contribution in [1.29, 1.82) is 0 Å². The van der Waals surface area contributed by atoms with E-state index in [4.69, 9.17) is 0 Å². The molecule has 0 spiro atoms. The van der Waals surface area contributed by atoms with E-state index in [1.165, 1.54) is 0 Å². The highest BCUT2D eigenvalue weighted by atomic mass is 16.3. The maximum Gasteiger partial charge on any atom is 0.154 e. The van der Waals surface area contributed by atoms with Crippen LogP contribution in [-0.4, -0.2) is 38.9 Å². The molecule has 0 amide bonds. The number of fused-ring (bicyclic) bond motifs is 1. The Morgan fingerprint density at radius 3 is 2.79 bits per heavy atom. The number of hydrogen-bond acceptors (Lipinski definition) is 4. The number of aliphatic hydroxyl groups excluding tert-OH is 1. The summed E-state index contributed by atoms with van der Waals surface area (Å²) in [7, 11) is 0. The third kappa shape index (κ3) is 2.18. The van der Waals surface area contributed by atoms with Crippen LogP contribution in [0.4, 0.5) is 5.82 Å². The van der Waals surface area contributed by atoms with Crippen molar-refractivity contribution in [2.24, 2.45) is 0 Å². The van der Waals surface area contributed by atoms with Gasteiger partial charge in [-0.25, -0.2) is 9.50 Å². The Morgan fingerprint density at radius 1 is 1.37 bits per heavy atom. The number of hydrogen-bond donors (Lipinski definition) is 1. The van der Waals surface area contributed by atoms with E-state index in [9.17, 15) is 5.11 Å². The van der Waals surface area contributed by atoms with Gasteiger partial charge in [-0.1, -0.05) is 20.8 Å². The molecular weight excluding hydrogens is 240 g/mol. The molecule has 1 unspecified atom stereocenters. The minimum atomic E-state index is -0.243. The summed E-state index contributed by atoms with van der Waals surface area (Å²) in [6.07, 6.45) is 4.21. The van der Waals surface area contributed by atoms with Crippen LogP contribution in [0.2, 0.25) is 0 Å². The van der Waals surface area contributed by atoms with Gasteiger partial charge in [0.1, 0.15) is 5.52 Å².